The summed E-state index contributed by atoms with van der Waals surface area (Å²) in [6, 6.07) is 10.7. The van der Waals surface area contributed by atoms with Crippen molar-refractivity contribution in [1.82, 2.24) is 5.32 Å². The molecule has 0 heterocycles. The van der Waals surface area contributed by atoms with Gasteiger partial charge < -0.3 is 15.2 Å². The number of aliphatic hydroxyl groups excluding tert-OH is 1. The lowest BCUT2D eigenvalue weighted by molar-refractivity contribution is 0.0915. The number of ether oxygens (including phenoxy) is 1. The van der Waals surface area contributed by atoms with Crippen LogP contribution >= 0.6 is 15.9 Å². The van der Waals surface area contributed by atoms with Crippen molar-refractivity contribution in [2.24, 2.45) is 0 Å². The normalized spacial score (nSPS) is 11.8. The van der Waals surface area contributed by atoms with Crippen LogP contribution in [0.25, 0.3) is 0 Å². The fourth-order valence-electron chi connectivity index (χ4n) is 1.92. The standard InChI is InChI=1S/C16H15BrFNO3/c1-22-12-5-6-14(17)13(8-12)16(21)19-9-15(20)10-3-2-4-11(18)7-10/h2-8,15,20H,9H2,1H3,(H,19,21). The number of benzene rings is 2. The maximum absolute atomic E-state index is 13.1. The smallest absolute Gasteiger partial charge is 0.252 e. The van der Waals surface area contributed by atoms with Crippen molar-refractivity contribution in [1.29, 1.82) is 0 Å². The summed E-state index contributed by atoms with van der Waals surface area (Å²) in [6.45, 7) is -0.0219. The highest BCUT2D eigenvalue weighted by Gasteiger charge is 2.14. The first-order chi connectivity index (χ1) is 10.5. The zero-order valence-electron chi connectivity index (χ0n) is 11.8. The first-order valence-electron chi connectivity index (χ1n) is 6.56. The van der Waals surface area contributed by atoms with Crippen LogP contribution in [0, 0.1) is 5.82 Å². The van der Waals surface area contributed by atoms with Gasteiger partial charge in [0, 0.05) is 11.0 Å². The Kier molecular flexibility index (Phi) is 5.51. The first-order valence-corrected chi connectivity index (χ1v) is 7.36. The Balaban J connectivity index is 2.03. The van der Waals surface area contributed by atoms with E-state index in [9.17, 15) is 14.3 Å². The van der Waals surface area contributed by atoms with E-state index in [0.717, 1.165) is 0 Å². The molecule has 2 rings (SSSR count). The fraction of sp³-hybridized carbons (Fsp3) is 0.188. The minimum absolute atomic E-state index is 0.0219. The van der Waals surface area contributed by atoms with Gasteiger partial charge >= 0.3 is 0 Å². The molecule has 2 aromatic carbocycles. The Labute approximate surface area is 136 Å². The Morgan fingerprint density at radius 3 is 2.82 bits per heavy atom. The molecule has 0 aliphatic heterocycles. The van der Waals surface area contributed by atoms with Gasteiger partial charge in [0.1, 0.15) is 11.6 Å². The molecule has 1 unspecified atom stereocenters. The topological polar surface area (TPSA) is 58.6 Å². The van der Waals surface area contributed by atoms with Gasteiger partial charge in [-0.05, 0) is 51.8 Å². The number of methoxy groups -OCH3 is 1. The minimum Gasteiger partial charge on any atom is -0.497 e. The lowest BCUT2D eigenvalue weighted by Gasteiger charge is -2.13. The van der Waals surface area contributed by atoms with Crippen LogP contribution in [0.15, 0.2) is 46.9 Å². The van der Waals surface area contributed by atoms with E-state index in [4.69, 9.17) is 4.74 Å². The number of hydrogen-bond donors (Lipinski definition) is 2. The average Bonchev–Trinajstić information content (AvgIpc) is 2.52. The number of nitrogens with one attached hydrogen (secondary N) is 1. The Morgan fingerprint density at radius 1 is 1.36 bits per heavy atom. The van der Waals surface area contributed by atoms with Crippen LogP contribution < -0.4 is 10.1 Å². The number of carbonyl (C=O) groups excluding carboxylic acids is 1. The van der Waals surface area contributed by atoms with E-state index in [1.807, 2.05) is 0 Å². The molecule has 0 bridgehead atoms. The molecule has 0 aliphatic carbocycles. The van der Waals surface area contributed by atoms with Crippen LogP contribution in [0.3, 0.4) is 0 Å². The maximum Gasteiger partial charge on any atom is 0.252 e. The molecule has 0 aliphatic rings. The molecular formula is C16H15BrFNO3. The summed E-state index contributed by atoms with van der Waals surface area (Å²) in [5.74, 6) is -0.237. The van der Waals surface area contributed by atoms with Crippen molar-refractivity contribution in [3.05, 3.63) is 63.9 Å². The fourth-order valence-corrected chi connectivity index (χ4v) is 2.35. The van der Waals surface area contributed by atoms with Gasteiger partial charge in [-0.15, -0.1) is 0 Å². The minimum atomic E-state index is -0.982. The van der Waals surface area contributed by atoms with Gasteiger partial charge in [-0.1, -0.05) is 12.1 Å². The van der Waals surface area contributed by atoms with Gasteiger partial charge in [0.15, 0.2) is 0 Å². The number of amides is 1. The third-order valence-corrected chi connectivity index (χ3v) is 3.80. The number of halogens is 2. The second-order valence-corrected chi connectivity index (χ2v) is 5.48. The van der Waals surface area contributed by atoms with E-state index in [1.165, 1.54) is 25.3 Å². The monoisotopic (exact) mass is 367 g/mol. The molecule has 2 aromatic rings. The number of rotatable bonds is 5. The second-order valence-electron chi connectivity index (χ2n) is 4.63. The maximum atomic E-state index is 13.1. The van der Waals surface area contributed by atoms with Gasteiger partial charge in [0.25, 0.3) is 5.91 Å². The van der Waals surface area contributed by atoms with E-state index in [1.54, 1.807) is 24.3 Å². The third-order valence-electron chi connectivity index (χ3n) is 3.11. The summed E-state index contributed by atoms with van der Waals surface area (Å²) in [6.07, 6.45) is -0.982. The van der Waals surface area contributed by atoms with Gasteiger partial charge in [0.05, 0.1) is 18.8 Å². The third kappa shape index (κ3) is 4.05. The number of hydrogen-bond acceptors (Lipinski definition) is 3. The Hall–Kier alpha value is -1.92. The van der Waals surface area contributed by atoms with Crippen molar-refractivity contribution in [2.75, 3.05) is 13.7 Å². The summed E-state index contributed by atoms with van der Waals surface area (Å²) in [5, 5.41) is 12.6. The van der Waals surface area contributed by atoms with Gasteiger partial charge in [-0.3, -0.25) is 4.79 Å². The Morgan fingerprint density at radius 2 is 2.14 bits per heavy atom. The molecule has 4 nitrogen and oxygen atoms in total. The molecule has 0 saturated heterocycles. The van der Waals surface area contributed by atoms with Crippen molar-refractivity contribution >= 4 is 21.8 Å². The predicted molar refractivity (Wildman–Crippen MR) is 84.4 cm³/mol. The van der Waals surface area contributed by atoms with Crippen molar-refractivity contribution in [2.45, 2.75) is 6.10 Å². The summed E-state index contributed by atoms with van der Waals surface area (Å²) < 4.78 is 18.8. The van der Waals surface area contributed by atoms with Crippen molar-refractivity contribution in [3.63, 3.8) is 0 Å². The number of carbonyl (C=O) groups is 1. The van der Waals surface area contributed by atoms with Crippen molar-refractivity contribution < 1.29 is 19.0 Å². The zero-order chi connectivity index (χ0) is 16.1. The molecule has 2 N–H and O–H groups in total. The predicted octanol–water partition coefficient (Wildman–Crippen LogP) is 3.06. The molecule has 0 fully saturated rings. The lowest BCUT2D eigenvalue weighted by Crippen LogP contribution is -2.28. The molecule has 0 saturated carbocycles. The van der Waals surface area contributed by atoms with Crippen LogP contribution in [-0.4, -0.2) is 24.7 Å². The van der Waals surface area contributed by atoms with Crippen LogP contribution in [0.4, 0.5) is 4.39 Å². The van der Waals surface area contributed by atoms with E-state index >= 15 is 0 Å². The largest absolute Gasteiger partial charge is 0.497 e. The molecule has 1 atom stereocenters. The van der Waals surface area contributed by atoms with Gasteiger partial charge in [-0.2, -0.15) is 0 Å². The average molecular weight is 368 g/mol. The summed E-state index contributed by atoms with van der Waals surface area (Å²) >= 11 is 3.29. The summed E-state index contributed by atoms with van der Waals surface area (Å²) in [4.78, 5) is 12.2. The SMILES string of the molecule is COc1ccc(Br)c(C(=O)NCC(O)c2cccc(F)c2)c1. The molecule has 0 radical (unpaired) electrons. The van der Waals surface area contributed by atoms with Gasteiger partial charge in [-0.25, -0.2) is 4.39 Å². The van der Waals surface area contributed by atoms with E-state index in [-0.39, 0.29) is 12.5 Å². The van der Waals surface area contributed by atoms with Crippen molar-refractivity contribution in [3.8, 4) is 5.75 Å². The highest BCUT2D eigenvalue weighted by Crippen LogP contribution is 2.22. The van der Waals surface area contributed by atoms with Crippen LogP contribution in [0.2, 0.25) is 0 Å². The number of aliphatic hydroxyl groups is 1. The Bertz CT molecular complexity index is 678. The van der Waals surface area contributed by atoms with E-state index in [2.05, 4.69) is 21.2 Å². The first kappa shape index (κ1) is 16.5. The molecule has 0 spiro atoms. The molecule has 1 amide bonds. The zero-order valence-corrected chi connectivity index (χ0v) is 13.4. The van der Waals surface area contributed by atoms with E-state index < -0.39 is 11.9 Å². The van der Waals surface area contributed by atoms with Crippen LogP contribution in [-0.2, 0) is 0 Å². The van der Waals surface area contributed by atoms with Crippen LogP contribution in [0.1, 0.15) is 22.0 Å². The highest BCUT2D eigenvalue weighted by atomic mass is 79.9. The lowest BCUT2D eigenvalue weighted by atomic mass is 10.1. The molecule has 6 heteroatoms. The second kappa shape index (κ2) is 7.38. The molecule has 116 valence electrons. The quantitative estimate of drug-likeness (QED) is 0.853. The molecule has 22 heavy (non-hydrogen) atoms. The molecule has 0 aromatic heterocycles. The van der Waals surface area contributed by atoms with Gasteiger partial charge in [0.2, 0.25) is 0 Å². The highest BCUT2D eigenvalue weighted by molar-refractivity contribution is 9.10. The molecular weight excluding hydrogens is 353 g/mol. The summed E-state index contributed by atoms with van der Waals surface area (Å²) in [5.41, 5.74) is 0.802. The van der Waals surface area contributed by atoms with Crippen LogP contribution in [0.5, 0.6) is 5.75 Å². The summed E-state index contributed by atoms with van der Waals surface area (Å²) in [7, 11) is 1.51. The van der Waals surface area contributed by atoms with E-state index in [0.29, 0.717) is 21.3 Å².